The molecule has 0 atom stereocenters. The number of carboxylic acid groups (broad SMARTS) is 1. The number of hydrogen-bond donors (Lipinski definition) is 2. The van der Waals surface area contributed by atoms with E-state index in [4.69, 9.17) is 9.63 Å². The lowest BCUT2D eigenvalue weighted by Gasteiger charge is -2.04. The van der Waals surface area contributed by atoms with Crippen molar-refractivity contribution in [3.8, 4) is 0 Å². The summed E-state index contributed by atoms with van der Waals surface area (Å²) in [4.78, 5) is 22.2. The van der Waals surface area contributed by atoms with E-state index < -0.39 is 11.9 Å². The molecule has 1 heterocycles. The van der Waals surface area contributed by atoms with Gasteiger partial charge in [0.1, 0.15) is 11.5 Å². The van der Waals surface area contributed by atoms with Gasteiger partial charge in [-0.05, 0) is 20.8 Å². The van der Waals surface area contributed by atoms with Gasteiger partial charge < -0.3 is 14.9 Å². The molecule has 0 saturated heterocycles. The Bertz CT molecular complexity index is 474. The quantitative estimate of drug-likeness (QED) is 0.764. The van der Waals surface area contributed by atoms with E-state index >= 15 is 0 Å². The maximum atomic E-state index is 11.6. The zero-order valence-corrected chi connectivity index (χ0v) is 9.90. The molecule has 2 N–H and O–H groups in total. The molecule has 0 spiro atoms. The Morgan fingerprint density at radius 2 is 2.06 bits per heavy atom. The van der Waals surface area contributed by atoms with Gasteiger partial charge >= 0.3 is 5.97 Å². The first kappa shape index (κ1) is 13.0. The molecule has 0 bridgehead atoms. The first-order valence-electron chi connectivity index (χ1n) is 5.03. The molecule has 92 valence electrons. The standard InChI is InChI=1S/C11H14N2O4/c1-6-4-9(13-17-6)5-12-10(14)7(2)8(3)11(15)16/h4H,5H2,1-3H3,(H,12,14)(H,15,16). The molecule has 0 aliphatic rings. The highest BCUT2D eigenvalue weighted by molar-refractivity contribution is 6.01. The smallest absolute Gasteiger partial charge is 0.331 e. The molecule has 17 heavy (non-hydrogen) atoms. The molecule has 1 rings (SSSR count). The largest absolute Gasteiger partial charge is 0.478 e. The van der Waals surface area contributed by atoms with Crippen molar-refractivity contribution in [3.63, 3.8) is 0 Å². The van der Waals surface area contributed by atoms with Crippen LogP contribution in [0.1, 0.15) is 25.3 Å². The van der Waals surface area contributed by atoms with Crippen molar-refractivity contribution in [1.82, 2.24) is 10.5 Å². The van der Waals surface area contributed by atoms with Gasteiger partial charge in [-0.15, -0.1) is 0 Å². The van der Waals surface area contributed by atoms with Gasteiger partial charge in [-0.25, -0.2) is 4.79 Å². The van der Waals surface area contributed by atoms with Crippen LogP contribution in [0.4, 0.5) is 0 Å². The molecule has 0 radical (unpaired) electrons. The lowest BCUT2D eigenvalue weighted by atomic mass is 10.1. The number of carboxylic acids is 1. The van der Waals surface area contributed by atoms with Crippen LogP contribution in [0.5, 0.6) is 0 Å². The summed E-state index contributed by atoms with van der Waals surface area (Å²) in [5.41, 5.74) is 0.799. The number of aliphatic carboxylic acids is 1. The summed E-state index contributed by atoms with van der Waals surface area (Å²) < 4.78 is 4.84. The van der Waals surface area contributed by atoms with Gasteiger partial charge in [-0.2, -0.15) is 0 Å². The number of aryl methyl sites for hydroxylation is 1. The molecule has 0 aliphatic heterocycles. The molecular formula is C11H14N2O4. The molecule has 0 fully saturated rings. The fourth-order valence-electron chi connectivity index (χ4n) is 1.14. The molecule has 1 aromatic heterocycles. The Labute approximate surface area is 98.3 Å². The van der Waals surface area contributed by atoms with Gasteiger partial charge in [0.25, 0.3) is 0 Å². The number of rotatable bonds is 4. The fourth-order valence-corrected chi connectivity index (χ4v) is 1.14. The summed E-state index contributed by atoms with van der Waals surface area (Å²) in [6.07, 6.45) is 0. The van der Waals surface area contributed by atoms with Crippen LogP contribution in [0.2, 0.25) is 0 Å². The lowest BCUT2D eigenvalue weighted by Crippen LogP contribution is -2.25. The second kappa shape index (κ2) is 5.29. The van der Waals surface area contributed by atoms with E-state index in [1.165, 1.54) is 13.8 Å². The number of amides is 1. The van der Waals surface area contributed by atoms with Crippen LogP contribution < -0.4 is 5.32 Å². The molecule has 6 nitrogen and oxygen atoms in total. The minimum absolute atomic E-state index is 0.0267. The van der Waals surface area contributed by atoms with Crippen LogP contribution >= 0.6 is 0 Å². The molecule has 6 heteroatoms. The minimum atomic E-state index is -1.10. The Hall–Kier alpha value is -2.11. The van der Waals surface area contributed by atoms with E-state index in [0.717, 1.165) is 0 Å². The number of carbonyl (C=O) groups is 2. The van der Waals surface area contributed by atoms with E-state index in [0.29, 0.717) is 11.5 Å². The summed E-state index contributed by atoms with van der Waals surface area (Å²) in [7, 11) is 0. The van der Waals surface area contributed by atoms with Crippen molar-refractivity contribution in [2.75, 3.05) is 0 Å². The molecule has 0 aliphatic carbocycles. The summed E-state index contributed by atoms with van der Waals surface area (Å²) in [6.45, 7) is 4.81. The normalized spacial score (nSPS) is 11.9. The van der Waals surface area contributed by atoms with Crippen molar-refractivity contribution in [1.29, 1.82) is 0 Å². The summed E-state index contributed by atoms with van der Waals surface area (Å²) in [6, 6.07) is 1.70. The molecule has 1 aromatic rings. The number of nitrogens with one attached hydrogen (secondary N) is 1. The third kappa shape index (κ3) is 3.44. The molecular weight excluding hydrogens is 224 g/mol. The zero-order chi connectivity index (χ0) is 13.0. The Morgan fingerprint density at radius 3 is 2.53 bits per heavy atom. The average molecular weight is 238 g/mol. The maximum Gasteiger partial charge on any atom is 0.331 e. The Balaban J connectivity index is 2.62. The highest BCUT2D eigenvalue weighted by Gasteiger charge is 2.12. The van der Waals surface area contributed by atoms with Crippen LogP contribution in [0.15, 0.2) is 21.7 Å². The number of hydrogen-bond acceptors (Lipinski definition) is 4. The van der Waals surface area contributed by atoms with Gasteiger partial charge in [-0.1, -0.05) is 5.16 Å². The Morgan fingerprint density at radius 1 is 1.41 bits per heavy atom. The lowest BCUT2D eigenvalue weighted by molar-refractivity contribution is -0.133. The van der Waals surface area contributed by atoms with Crippen molar-refractivity contribution < 1.29 is 19.2 Å². The predicted octanol–water partition coefficient (Wildman–Crippen LogP) is 1.02. The SMILES string of the molecule is CC(C(=O)O)=C(C)C(=O)NCc1cc(C)on1. The van der Waals surface area contributed by atoms with Crippen LogP contribution in [-0.4, -0.2) is 22.1 Å². The highest BCUT2D eigenvalue weighted by atomic mass is 16.5. The van der Waals surface area contributed by atoms with Crippen LogP contribution in [0, 0.1) is 6.92 Å². The van der Waals surface area contributed by atoms with Gasteiger partial charge in [0, 0.05) is 17.2 Å². The van der Waals surface area contributed by atoms with E-state index in [2.05, 4.69) is 10.5 Å². The topological polar surface area (TPSA) is 92.4 Å². The first-order valence-corrected chi connectivity index (χ1v) is 5.03. The predicted molar refractivity (Wildman–Crippen MR) is 59.1 cm³/mol. The van der Waals surface area contributed by atoms with E-state index in [-0.39, 0.29) is 17.7 Å². The minimum Gasteiger partial charge on any atom is -0.478 e. The summed E-state index contributed by atoms with van der Waals surface area (Å²) in [5, 5.41) is 15.0. The second-order valence-corrected chi connectivity index (χ2v) is 3.67. The Kier molecular flexibility index (Phi) is 4.03. The van der Waals surface area contributed by atoms with Crippen molar-refractivity contribution >= 4 is 11.9 Å². The van der Waals surface area contributed by atoms with Crippen LogP contribution in [0.3, 0.4) is 0 Å². The average Bonchev–Trinajstić information content (AvgIpc) is 2.69. The first-order chi connectivity index (χ1) is 7.91. The summed E-state index contributed by atoms with van der Waals surface area (Å²) >= 11 is 0. The van der Waals surface area contributed by atoms with Crippen molar-refractivity contribution in [2.45, 2.75) is 27.3 Å². The maximum absolute atomic E-state index is 11.6. The van der Waals surface area contributed by atoms with Gasteiger partial charge in [0.2, 0.25) is 5.91 Å². The molecule has 0 unspecified atom stereocenters. The van der Waals surface area contributed by atoms with Crippen molar-refractivity contribution in [3.05, 3.63) is 28.7 Å². The van der Waals surface area contributed by atoms with E-state index in [1.54, 1.807) is 13.0 Å². The van der Waals surface area contributed by atoms with Crippen LogP contribution in [-0.2, 0) is 16.1 Å². The summed E-state index contributed by atoms with van der Waals surface area (Å²) in [5.74, 6) is -0.872. The number of carbonyl (C=O) groups excluding carboxylic acids is 1. The van der Waals surface area contributed by atoms with Crippen LogP contribution in [0.25, 0.3) is 0 Å². The third-order valence-electron chi connectivity index (χ3n) is 2.33. The highest BCUT2D eigenvalue weighted by Crippen LogP contribution is 2.05. The second-order valence-electron chi connectivity index (χ2n) is 3.67. The zero-order valence-electron chi connectivity index (χ0n) is 9.90. The monoisotopic (exact) mass is 238 g/mol. The molecule has 0 saturated carbocycles. The molecule has 1 amide bonds. The number of aromatic nitrogens is 1. The van der Waals surface area contributed by atoms with E-state index in [9.17, 15) is 9.59 Å². The fraction of sp³-hybridized carbons (Fsp3) is 0.364. The van der Waals surface area contributed by atoms with Gasteiger partial charge in [0.05, 0.1) is 6.54 Å². The molecule has 0 aromatic carbocycles. The third-order valence-corrected chi connectivity index (χ3v) is 2.33. The van der Waals surface area contributed by atoms with Gasteiger partial charge in [-0.3, -0.25) is 4.79 Å². The van der Waals surface area contributed by atoms with Crippen molar-refractivity contribution in [2.24, 2.45) is 0 Å². The number of nitrogens with zero attached hydrogens (tertiary/aromatic N) is 1. The van der Waals surface area contributed by atoms with E-state index in [1.807, 2.05) is 0 Å². The van der Waals surface area contributed by atoms with Gasteiger partial charge in [0.15, 0.2) is 0 Å².